The second-order valence-corrected chi connectivity index (χ2v) is 6.74. The van der Waals surface area contributed by atoms with Crippen LogP contribution in [0.1, 0.15) is 52.9 Å². The van der Waals surface area contributed by atoms with E-state index in [1.54, 1.807) is 12.1 Å². The molecule has 0 saturated carbocycles. The zero-order valence-electron chi connectivity index (χ0n) is 16.0. The summed E-state index contributed by atoms with van der Waals surface area (Å²) in [6, 6.07) is 21.5. The van der Waals surface area contributed by atoms with Crippen LogP contribution in [-0.2, 0) is 4.79 Å². The summed E-state index contributed by atoms with van der Waals surface area (Å²) in [5.41, 5.74) is 1.44. The summed E-state index contributed by atoms with van der Waals surface area (Å²) in [4.78, 5) is 25.2. The van der Waals surface area contributed by atoms with E-state index >= 15 is 0 Å². The monoisotopic (exact) mass is 376 g/mol. The minimum atomic E-state index is -0.431. The number of furan rings is 1. The number of amides is 2. The number of aryl methyl sites for hydroxylation is 1. The lowest BCUT2D eigenvalue weighted by Gasteiger charge is -2.20. The Labute approximate surface area is 164 Å². The second kappa shape index (κ2) is 9.04. The van der Waals surface area contributed by atoms with Gasteiger partial charge in [-0.25, -0.2) is 0 Å². The van der Waals surface area contributed by atoms with Gasteiger partial charge in [-0.2, -0.15) is 0 Å². The first-order valence-corrected chi connectivity index (χ1v) is 9.29. The van der Waals surface area contributed by atoms with Crippen molar-refractivity contribution in [2.24, 2.45) is 0 Å². The van der Waals surface area contributed by atoms with Gasteiger partial charge in [-0.05, 0) is 43.7 Å². The van der Waals surface area contributed by atoms with E-state index in [1.807, 2.05) is 74.5 Å². The van der Waals surface area contributed by atoms with Crippen molar-refractivity contribution in [2.75, 3.05) is 0 Å². The van der Waals surface area contributed by atoms with Crippen LogP contribution in [-0.4, -0.2) is 11.8 Å². The predicted molar refractivity (Wildman–Crippen MR) is 108 cm³/mol. The summed E-state index contributed by atoms with van der Waals surface area (Å²) in [5.74, 6) is 1.13. The van der Waals surface area contributed by atoms with Gasteiger partial charge in [0.1, 0.15) is 11.5 Å². The van der Waals surface area contributed by atoms with Gasteiger partial charge in [0.25, 0.3) is 5.91 Å². The highest BCUT2D eigenvalue weighted by Crippen LogP contribution is 2.20. The lowest BCUT2D eigenvalue weighted by atomic mass is 10.0. The Bertz CT molecular complexity index is 919. The molecule has 0 spiro atoms. The molecule has 2 N–H and O–H groups in total. The van der Waals surface area contributed by atoms with Gasteiger partial charge >= 0.3 is 0 Å². The summed E-state index contributed by atoms with van der Waals surface area (Å²) in [5, 5.41) is 5.91. The van der Waals surface area contributed by atoms with Gasteiger partial charge in [0.2, 0.25) is 5.91 Å². The molecule has 0 aliphatic heterocycles. The topological polar surface area (TPSA) is 71.3 Å². The number of carbonyl (C=O) groups is 2. The van der Waals surface area contributed by atoms with Crippen LogP contribution in [0, 0.1) is 6.92 Å². The van der Waals surface area contributed by atoms with E-state index in [0.717, 1.165) is 11.3 Å². The third-order valence-electron chi connectivity index (χ3n) is 4.50. The van der Waals surface area contributed by atoms with E-state index in [4.69, 9.17) is 4.42 Å². The molecular formula is C23H24N2O3. The summed E-state index contributed by atoms with van der Waals surface area (Å²) in [6.07, 6.45) is 0.132. The average Bonchev–Trinajstić information content (AvgIpc) is 3.15. The Morgan fingerprint density at radius 3 is 2.14 bits per heavy atom. The molecule has 2 amide bonds. The number of benzene rings is 2. The highest BCUT2D eigenvalue weighted by molar-refractivity contribution is 5.94. The Kier molecular flexibility index (Phi) is 6.27. The molecule has 0 fully saturated rings. The van der Waals surface area contributed by atoms with E-state index in [9.17, 15) is 9.59 Å². The SMILES string of the molecule is Cc1ccc(C(C)NC(=O)CC(NC(=O)c2ccccc2)c2ccccc2)o1. The Morgan fingerprint density at radius 1 is 0.893 bits per heavy atom. The summed E-state index contributed by atoms with van der Waals surface area (Å²) in [6.45, 7) is 3.73. The van der Waals surface area contributed by atoms with Crippen LogP contribution in [0.15, 0.2) is 77.2 Å². The largest absolute Gasteiger partial charge is 0.464 e. The van der Waals surface area contributed by atoms with Gasteiger partial charge in [0.05, 0.1) is 18.5 Å². The molecule has 1 aromatic heterocycles. The van der Waals surface area contributed by atoms with Crippen molar-refractivity contribution in [1.82, 2.24) is 10.6 Å². The average molecular weight is 376 g/mol. The molecule has 0 aliphatic rings. The number of hydrogen-bond donors (Lipinski definition) is 2. The highest BCUT2D eigenvalue weighted by Gasteiger charge is 2.21. The first-order chi connectivity index (χ1) is 13.5. The molecule has 28 heavy (non-hydrogen) atoms. The van der Waals surface area contributed by atoms with Gasteiger partial charge in [0.15, 0.2) is 0 Å². The summed E-state index contributed by atoms with van der Waals surface area (Å²) in [7, 11) is 0. The number of rotatable bonds is 7. The van der Waals surface area contributed by atoms with Gasteiger partial charge in [0, 0.05) is 5.56 Å². The fraction of sp³-hybridized carbons (Fsp3) is 0.217. The van der Waals surface area contributed by atoms with Crippen molar-refractivity contribution >= 4 is 11.8 Å². The molecule has 0 bridgehead atoms. The van der Waals surface area contributed by atoms with Crippen LogP contribution in [0.4, 0.5) is 0 Å². The fourth-order valence-corrected chi connectivity index (χ4v) is 3.01. The Balaban J connectivity index is 1.70. The van der Waals surface area contributed by atoms with E-state index in [0.29, 0.717) is 11.3 Å². The predicted octanol–water partition coefficient (Wildman–Crippen LogP) is 4.33. The maximum Gasteiger partial charge on any atom is 0.251 e. The van der Waals surface area contributed by atoms with Crippen LogP contribution < -0.4 is 10.6 Å². The van der Waals surface area contributed by atoms with Gasteiger partial charge in [-0.3, -0.25) is 9.59 Å². The minimum absolute atomic E-state index is 0.132. The summed E-state index contributed by atoms with van der Waals surface area (Å²) >= 11 is 0. The molecule has 0 saturated heterocycles. The molecule has 0 radical (unpaired) electrons. The van der Waals surface area contributed by atoms with E-state index in [-0.39, 0.29) is 24.3 Å². The summed E-state index contributed by atoms with van der Waals surface area (Å²) < 4.78 is 5.57. The molecule has 1 heterocycles. The number of carbonyl (C=O) groups excluding carboxylic acids is 2. The maximum atomic E-state index is 12.6. The van der Waals surface area contributed by atoms with Gasteiger partial charge < -0.3 is 15.1 Å². The highest BCUT2D eigenvalue weighted by atomic mass is 16.3. The molecule has 3 rings (SSSR count). The van der Waals surface area contributed by atoms with Crippen LogP contribution in [0.5, 0.6) is 0 Å². The van der Waals surface area contributed by atoms with E-state index in [2.05, 4.69) is 10.6 Å². The van der Waals surface area contributed by atoms with Gasteiger partial charge in [-0.15, -0.1) is 0 Å². The number of hydrogen-bond acceptors (Lipinski definition) is 3. The molecular weight excluding hydrogens is 352 g/mol. The minimum Gasteiger partial charge on any atom is -0.464 e. The molecule has 2 unspecified atom stereocenters. The lowest BCUT2D eigenvalue weighted by Crippen LogP contribution is -2.34. The number of nitrogens with one attached hydrogen (secondary N) is 2. The first-order valence-electron chi connectivity index (χ1n) is 9.29. The first kappa shape index (κ1) is 19.4. The Hall–Kier alpha value is -3.34. The molecule has 5 nitrogen and oxygen atoms in total. The van der Waals surface area contributed by atoms with Crippen molar-refractivity contribution in [3.8, 4) is 0 Å². The van der Waals surface area contributed by atoms with Crippen molar-refractivity contribution < 1.29 is 14.0 Å². The zero-order chi connectivity index (χ0) is 19.9. The van der Waals surface area contributed by atoms with Crippen LogP contribution in [0.3, 0.4) is 0 Å². The quantitative estimate of drug-likeness (QED) is 0.645. The molecule has 2 atom stereocenters. The maximum absolute atomic E-state index is 12.6. The van der Waals surface area contributed by atoms with Crippen molar-refractivity contribution in [2.45, 2.75) is 32.4 Å². The molecule has 5 heteroatoms. The standard InChI is InChI=1S/C23H24N2O3/c1-16-13-14-21(28-16)17(2)24-22(26)15-20(18-9-5-3-6-10-18)25-23(27)19-11-7-4-8-12-19/h3-14,17,20H,15H2,1-2H3,(H,24,26)(H,25,27). The fourth-order valence-electron chi connectivity index (χ4n) is 3.01. The van der Waals surface area contributed by atoms with Crippen LogP contribution >= 0.6 is 0 Å². The van der Waals surface area contributed by atoms with Crippen molar-refractivity contribution in [1.29, 1.82) is 0 Å². The van der Waals surface area contributed by atoms with Gasteiger partial charge in [-0.1, -0.05) is 48.5 Å². The molecule has 3 aromatic rings. The second-order valence-electron chi connectivity index (χ2n) is 6.74. The van der Waals surface area contributed by atoms with Crippen molar-refractivity contribution in [3.63, 3.8) is 0 Å². The molecule has 0 aliphatic carbocycles. The normalized spacial score (nSPS) is 12.8. The third-order valence-corrected chi connectivity index (χ3v) is 4.50. The third kappa shape index (κ3) is 5.10. The van der Waals surface area contributed by atoms with Crippen LogP contribution in [0.25, 0.3) is 0 Å². The molecule has 2 aromatic carbocycles. The van der Waals surface area contributed by atoms with Crippen molar-refractivity contribution in [3.05, 3.63) is 95.4 Å². The smallest absolute Gasteiger partial charge is 0.251 e. The zero-order valence-corrected chi connectivity index (χ0v) is 16.0. The van der Waals surface area contributed by atoms with E-state index in [1.165, 1.54) is 0 Å². The lowest BCUT2D eigenvalue weighted by molar-refractivity contribution is -0.122. The van der Waals surface area contributed by atoms with E-state index < -0.39 is 6.04 Å². The molecule has 144 valence electrons. The Morgan fingerprint density at radius 2 is 1.54 bits per heavy atom. The van der Waals surface area contributed by atoms with Crippen LogP contribution in [0.2, 0.25) is 0 Å².